The molecule has 0 saturated heterocycles. The van der Waals surface area contributed by atoms with Crippen molar-refractivity contribution in [1.29, 1.82) is 0 Å². The third kappa shape index (κ3) is 5.70. The van der Waals surface area contributed by atoms with Crippen LogP contribution in [-0.2, 0) is 13.0 Å². The molecule has 6 heteroatoms. The molecule has 1 aliphatic rings. The van der Waals surface area contributed by atoms with Crippen LogP contribution in [0.4, 0.5) is 4.79 Å². The van der Waals surface area contributed by atoms with Crippen molar-refractivity contribution >= 4 is 6.03 Å². The highest BCUT2D eigenvalue weighted by molar-refractivity contribution is 5.74. The highest BCUT2D eigenvalue weighted by Gasteiger charge is 2.33. The van der Waals surface area contributed by atoms with Gasteiger partial charge in [0.1, 0.15) is 12.6 Å². The van der Waals surface area contributed by atoms with Crippen molar-refractivity contribution in [3.05, 3.63) is 58.7 Å². The Kier molecular flexibility index (Phi) is 7.11. The summed E-state index contributed by atoms with van der Waals surface area (Å²) in [6.45, 7) is 10.5. The minimum atomic E-state index is -0.279. The van der Waals surface area contributed by atoms with Crippen LogP contribution in [0.15, 0.2) is 36.4 Å². The topological polar surface area (TPSA) is 64.0 Å². The maximum atomic E-state index is 12.5. The lowest BCUT2D eigenvalue weighted by Gasteiger charge is -2.35. The van der Waals surface area contributed by atoms with E-state index in [1.54, 1.807) is 14.2 Å². The van der Waals surface area contributed by atoms with Crippen molar-refractivity contribution in [2.75, 3.05) is 27.3 Å². The summed E-state index contributed by atoms with van der Waals surface area (Å²) in [4.78, 5) is 13.9. The molecule has 0 aliphatic carbocycles. The van der Waals surface area contributed by atoms with Crippen LogP contribution in [0, 0.1) is 6.92 Å². The van der Waals surface area contributed by atoms with Crippen molar-refractivity contribution in [3.63, 3.8) is 0 Å². The number of hydrogen-bond acceptors (Lipinski definition) is 3. The molecule has 3 rings (SSSR count). The van der Waals surface area contributed by atoms with Gasteiger partial charge in [0.05, 0.1) is 27.3 Å². The molecule has 2 atom stereocenters. The molecule has 31 heavy (non-hydrogen) atoms. The molecule has 0 bridgehead atoms. The predicted octanol–water partition coefficient (Wildman–Crippen LogP) is 2.79. The molecule has 0 saturated carbocycles. The van der Waals surface area contributed by atoms with E-state index >= 15 is 0 Å². The van der Waals surface area contributed by atoms with E-state index in [1.807, 2.05) is 20.8 Å². The number of methoxy groups -OCH3 is 2. The lowest BCUT2D eigenvalue weighted by Crippen LogP contribution is -3.12. The average molecular weight is 427 g/mol. The van der Waals surface area contributed by atoms with Crippen LogP contribution < -0.4 is 25.0 Å². The maximum absolute atomic E-state index is 12.5. The number of urea groups is 1. The fourth-order valence-electron chi connectivity index (χ4n) is 4.27. The summed E-state index contributed by atoms with van der Waals surface area (Å²) < 4.78 is 11.1. The molecule has 0 aromatic heterocycles. The number of hydrogen-bond donors (Lipinski definition) is 3. The van der Waals surface area contributed by atoms with Crippen LogP contribution in [-0.4, -0.2) is 38.9 Å². The SMILES string of the molecule is COc1cc2c(cc1OC)[C@@H](CNC(=O)NC(C)(C)C)[NH+](Cc1ccccc1C)CC2. The molecule has 168 valence electrons. The molecule has 1 aliphatic heterocycles. The van der Waals surface area contributed by atoms with Crippen LogP contribution >= 0.6 is 0 Å². The molecule has 6 nitrogen and oxygen atoms in total. The normalized spacial score (nSPS) is 18.1. The van der Waals surface area contributed by atoms with Gasteiger partial charge in [-0.1, -0.05) is 24.3 Å². The Balaban J connectivity index is 1.90. The highest BCUT2D eigenvalue weighted by Crippen LogP contribution is 2.34. The van der Waals surface area contributed by atoms with Crippen LogP contribution in [0.2, 0.25) is 0 Å². The lowest BCUT2D eigenvalue weighted by atomic mass is 9.91. The van der Waals surface area contributed by atoms with E-state index in [9.17, 15) is 4.79 Å². The second-order valence-corrected chi connectivity index (χ2v) is 9.31. The van der Waals surface area contributed by atoms with Crippen LogP contribution in [0.1, 0.15) is 49.1 Å². The molecular weight excluding hydrogens is 390 g/mol. The van der Waals surface area contributed by atoms with E-state index in [4.69, 9.17) is 9.47 Å². The number of quaternary nitrogens is 1. The number of amides is 2. The van der Waals surface area contributed by atoms with E-state index in [2.05, 4.69) is 54.0 Å². The molecule has 0 fully saturated rings. The summed E-state index contributed by atoms with van der Waals surface area (Å²) in [5.74, 6) is 1.48. The van der Waals surface area contributed by atoms with Crippen molar-refractivity contribution in [1.82, 2.24) is 10.6 Å². The molecule has 3 N–H and O–H groups in total. The Bertz CT molecular complexity index is 921. The smallest absolute Gasteiger partial charge is 0.315 e. The number of carbonyl (C=O) groups excluding carboxylic acids is 1. The zero-order chi connectivity index (χ0) is 22.6. The van der Waals surface area contributed by atoms with Crippen LogP contribution in [0.25, 0.3) is 0 Å². The Morgan fingerprint density at radius 2 is 1.81 bits per heavy atom. The first kappa shape index (κ1) is 22.9. The number of nitrogens with one attached hydrogen (secondary N) is 3. The molecule has 0 spiro atoms. The Morgan fingerprint density at radius 1 is 1.13 bits per heavy atom. The minimum absolute atomic E-state index is 0.119. The van der Waals surface area contributed by atoms with E-state index in [1.165, 1.54) is 27.2 Å². The Labute approximate surface area is 185 Å². The average Bonchev–Trinajstić information content (AvgIpc) is 2.72. The summed E-state index contributed by atoms with van der Waals surface area (Å²) >= 11 is 0. The summed E-state index contributed by atoms with van der Waals surface area (Å²) in [6, 6.07) is 12.7. The third-order valence-electron chi connectivity index (χ3n) is 5.86. The number of rotatable bonds is 6. The van der Waals surface area contributed by atoms with Gasteiger partial charge in [0, 0.05) is 23.1 Å². The molecule has 2 aromatic rings. The lowest BCUT2D eigenvalue weighted by molar-refractivity contribution is -0.945. The number of ether oxygens (including phenoxy) is 2. The van der Waals surface area contributed by atoms with Crippen LogP contribution in [0.3, 0.4) is 0 Å². The van der Waals surface area contributed by atoms with Gasteiger partial charge in [-0.15, -0.1) is 0 Å². The first-order valence-electron chi connectivity index (χ1n) is 10.9. The van der Waals surface area contributed by atoms with Gasteiger partial charge in [-0.2, -0.15) is 0 Å². The first-order chi connectivity index (χ1) is 14.7. The summed E-state index contributed by atoms with van der Waals surface area (Å²) in [5, 5.41) is 6.10. The van der Waals surface area contributed by atoms with Gasteiger partial charge in [-0.25, -0.2) is 4.79 Å². The van der Waals surface area contributed by atoms with Crippen molar-refractivity contribution in [3.8, 4) is 11.5 Å². The van der Waals surface area contributed by atoms with Gasteiger partial charge < -0.3 is 25.0 Å². The van der Waals surface area contributed by atoms with E-state index in [0.717, 1.165) is 31.0 Å². The molecule has 2 amide bonds. The monoisotopic (exact) mass is 426 g/mol. The Hall–Kier alpha value is -2.73. The molecular formula is C25H36N3O3+. The standard InChI is InChI=1S/C25H35N3O3/c1-17-9-7-8-10-19(17)16-28-12-11-18-13-22(30-5)23(31-6)14-20(18)21(28)15-26-24(29)27-25(2,3)4/h7-10,13-14,21H,11-12,15-16H2,1-6H3,(H2,26,27,29)/p+1/t21-/m1/s1. The molecule has 1 heterocycles. The second-order valence-electron chi connectivity index (χ2n) is 9.31. The van der Waals surface area contributed by atoms with Gasteiger partial charge in [0.15, 0.2) is 11.5 Å². The summed E-state index contributed by atoms with van der Waals surface area (Å²) in [6.07, 6.45) is 0.960. The second kappa shape index (κ2) is 9.60. The summed E-state index contributed by atoms with van der Waals surface area (Å²) in [7, 11) is 3.33. The zero-order valence-electron chi connectivity index (χ0n) is 19.6. The van der Waals surface area contributed by atoms with E-state index in [0.29, 0.717) is 6.54 Å². The van der Waals surface area contributed by atoms with E-state index in [-0.39, 0.29) is 17.6 Å². The number of benzene rings is 2. The Morgan fingerprint density at radius 3 is 2.45 bits per heavy atom. The fraction of sp³-hybridized carbons (Fsp3) is 0.480. The highest BCUT2D eigenvalue weighted by atomic mass is 16.5. The van der Waals surface area contributed by atoms with Gasteiger partial charge in [-0.05, 0) is 51.0 Å². The number of fused-ring (bicyclic) bond motifs is 1. The fourth-order valence-corrected chi connectivity index (χ4v) is 4.27. The van der Waals surface area contributed by atoms with Gasteiger partial charge in [-0.3, -0.25) is 0 Å². The number of carbonyl (C=O) groups is 1. The minimum Gasteiger partial charge on any atom is -0.493 e. The largest absolute Gasteiger partial charge is 0.493 e. The van der Waals surface area contributed by atoms with Crippen molar-refractivity contribution in [2.45, 2.75) is 52.2 Å². The summed E-state index contributed by atoms with van der Waals surface area (Å²) in [5.41, 5.74) is 4.83. The first-order valence-corrected chi connectivity index (χ1v) is 10.9. The maximum Gasteiger partial charge on any atom is 0.315 e. The molecule has 1 unspecified atom stereocenters. The van der Waals surface area contributed by atoms with E-state index < -0.39 is 0 Å². The third-order valence-corrected chi connectivity index (χ3v) is 5.86. The predicted molar refractivity (Wildman–Crippen MR) is 123 cm³/mol. The quantitative estimate of drug-likeness (QED) is 0.666. The van der Waals surface area contributed by atoms with Gasteiger partial charge in [0.25, 0.3) is 0 Å². The molecule has 2 aromatic carbocycles. The molecule has 0 radical (unpaired) electrons. The van der Waals surface area contributed by atoms with Crippen LogP contribution in [0.5, 0.6) is 11.5 Å². The van der Waals surface area contributed by atoms with Crippen molar-refractivity contribution in [2.24, 2.45) is 0 Å². The van der Waals surface area contributed by atoms with Gasteiger partial charge >= 0.3 is 6.03 Å². The van der Waals surface area contributed by atoms with Gasteiger partial charge in [0.2, 0.25) is 0 Å². The van der Waals surface area contributed by atoms with Crippen molar-refractivity contribution < 1.29 is 19.2 Å². The number of aryl methyl sites for hydroxylation is 1. The zero-order valence-corrected chi connectivity index (χ0v) is 19.6.